The Morgan fingerprint density at radius 2 is 1.94 bits per heavy atom. The second-order valence-electron chi connectivity index (χ2n) is 3.55. The van der Waals surface area contributed by atoms with Crippen molar-refractivity contribution in [2.75, 3.05) is 14.2 Å². The zero-order valence-electron chi connectivity index (χ0n) is 10.4. The van der Waals surface area contributed by atoms with Gasteiger partial charge in [-0.25, -0.2) is 4.79 Å². The van der Waals surface area contributed by atoms with Crippen LogP contribution in [0.5, 0.6) is 11.5 Å². The van der Waals surface area contributed by atoms with E-state index in [1.54, 1.807) is 18.2 Å². The molecule has 1 unspecified atom stereocenters. The molecule has 0 aromatic heterocycles. The lowest BCUT2D eigenvalue weighted by atomic mass is 10.0. The van der Waals surface area contributed by atoms with Crippen molar-refractivity contribution in [3.05, 3.63) is 23.8 Å². The predicted octanol–water partition coefficient (Wildman–Crippen LogP) is 0.966. The number of carboxylic acids is 1. The van der Waals surface area contributed by atoms with Gasteiger partial charge in [0.05, 0.1) is 14.2 Å². The average Bonchev–Trinajstić information content (AvgIpc) is 2.34. The summed E-state index contributed by atoms with van der Waals surface area (Å²) in [7, 11) is 2.86. The molecule has 1 amide bonds. The molecule has 2 N–H and O–H groups in total. The van der Waals surface area contributed by atoms with Gasteiger partial charge < -0.3 is 19.9 Å². The van der Waals surface area contributed by atoms with Gasteiger partial charge in [0.2, 0.25) is 5.91 Å². The van der Waals surface area contributed by atoms with Gasteiger partial charge >= 0.3 is 5.97 Å². The molecule has 98 valence electrons. The lowest BCUT2D eigenvalue weighted by Crippen LogP contribution is -2.32. The van der Waals surface area contributed by atoms with Crippen LogP contribution in [0, 0.1) is 0 Å². The third kappa shape index (κ3) is 2.91. The van der Waals surface area contributed by atoms with Crippen LogP contribution >= 0.6 is 0 Å². The number of amides is 1. The second-order valence-corrected chi connectivity index (χ2v) is 3.55. The van der Waals surface area contributed by atoms with E-state index in [2.05, 4.69) is 5.32 Å². The highest BCUT2D eigenvalue weighted by molar-refractivity contribution is 5.84. The Balaban J connectivity index is 3.27. The van der Waals surface area contributed by atoms with E-state index in [-0.39, 0.29) is 0 Å². The molecule has 6 heteroatoms. The van der Waals surface area contributed by atoms with E-state index in [1.807, 2.05) is 0 Å². The molecule has 0 heterocycles. The molecular formula is C12H15NO5. The molecule has 0 bridgehead atoms. The Bertz CT molecular complexity index is 458. The van der Waals surface area contributed by atoms with Gasteiger partial charge in [-0.05, 0) is 6.07 Å². The van der Waals surface area contributed by atoms with E-state index in [4.69, 9.17) is 14.6 Å². The fraction of sp³-hybridized carbons (Fsp3) is 0.333. The minimum atomic E-state index is -1.17. The molecule has 0 aliphatic heterocycles. The summed E-state index contributed by atoms with van der Waals surface area (Å²) >= 11 is 0. The number of carboxylic acid groups (broad SMARTS) is 1. The topological polar surface area (TPSA) is 84.9 Å². The predicted molar refractivity (Wildman–Crippen MR) is 63.7 cm³/mol. The molecule has 0 spiro atoms. The summed E-state index contributed by atoms with van der Waals surface area (Å²) in [5.74, 6) is -0.906. The van der Waals surface area contributed by atoms with Crippen LogP contribution in [-0.4, -0.2) is 31.2 Å². The maximum atomic E-state index is 11.2. The maximum absolute atomic E-state index is 11.2. The molecule has 0 aliphatic carbocycles. The fourth-order valence-electron chi connectivity index (χ4n) is 1.62. The summed E-state index contributed by atoms with van der Waals surface area (Å²) in [6, 6.07) is 3.67. The SMILES string of the molecule is COc1cccc(C(NC(C)=O)C(=O)O)c1OC. The number of methoxy groups -OCH3 is 2. The molecule has 0 fully saturated rings. The van der Waals surface area contributed by atoms with E-state index < -0.39 is 17.9 Å². The molecule has 0 aliphatic rings. The van der Waals surface area contributed by atoms with Crippen molar-refractivity contribution in [2.24, 2.45) is 0 Å². The molecule has 1 rings (SSSR count). The number of benzene rings is 1. The highest BCUT2D eigenvalue weighted by Crippen LogP contribution is 2.34. The summed E-state index contributed by atoms with van der Waals surface area (Å²) in [6.45, 7) is 1.25. The number of para-hydroxylation sites is 1. The first-order valence-electron chi connectivity index (χ1n) is 5.22. The molecular weight excluding hydrogens is 238 g/mol. The first-order chi connectivity index (χ1) is 8.51. The van der Waals surface area contributed by atoms with Gasteiger partial charge in [0.15, 0.2) is 17.5 Å². The quantitative estimate of drug-likeness (QED) is 0.816. The smallest absolute Gasteiger partial charge is 0.331 e. The molecule has 18 heavy (non-hydrogen) atoms. The normalized spacial score (nSPS) is 11.5. The zero-order valence-corrected chi connectivity index (χ0v) is 10.4. The monoisotopic (exact) mass is 253 g/mol. The van der Waals surface area contributed by atoms with E-state index >= 15 is 0 Å². The van der Waals surface area contributed by atoms with E-state index in [0.717, 1.165) is 0 Å². The third-order valence-corrected chi connectivity index (χ3v) is 2.34. The van der Waals surface area contributed by atoms with Crippen molar-refractivity contribution in [1.82, 2.24) is 5.32 Å². The van der Waals surface area contributed by atoms with Gasteiger partial charge in [0, 0.05) is 12.5 Å². The first-order valence-corrected chi connectivity index (χ1v) is 5.22. The van der Waals surface area contributed by atoms with Crippen LogP contribution in [0.4, 0.5) is 0 Å². The van der Waals surface area contributed by atoms with Crippen molar-refractivity contribution < 1.29 is 24.2 Å². The molecule has 1 aromatic carbocycles. The third-order valence-electron chi connectivity index (χ3n) is 2.34. The van der Waals surface area contributed by atoms with Crippen LogP contribution in [0.3, 0.4) is 0 Å². The van der Waals surface area contributed by atoms with Crippen LogP contribution in [0.1, 0.15) is 18.5 Å². The Labute approximate surface area is 105 Å². The Morgan fingerprint density at radius 1 is 1.28 bits per heavy atom. The van der Waals surface area contributed by atoms with Gasteiger partial charge in [0.1, 0.15) is 0 Å². The zero-order chi connectivity index (χ0) is 13.7. The highest BCUT2D eigenvalue weighted by atomic mass is 16.5. The maximum Gasteiger partial charge on any atom is 0.331 e. The van der Waals surface area contributed by atoms with Gasteiger partial charge in [-0.2, -0.15) is 0 Å². The lowest BCUT2D eigenvalue weighted by molar-refractivity contribution is -0.141. The molecule has 0 radical (unpaired) electrons. The van der Waals surface area contributed by atoms with Crippen LogP contribution in [-0.2, 0) is 9.59 Å². The minimum Gasteiger partial charge on any atom is -0.493 e. The number of rotatable bonds is 5. The lowest BCUT2D eigenvalue weighted by Gasteiger charge is -2.18. The number of carbonyl (C=O) groups is 2. The van der Waals surface area contributed by atoms with Crippen LogP contribution in [0.2, 0.25) is 0 Å². The van der Waals surface area contributed by atoms with Crippen molar-refractivity contribution in [3.63, 3.8) is 0 Å². The Kier molecular flexibility index (Phi) is 4.53. The van der Waals surface area contributed by atoms with Gasteiger partial charge in [0.25, 0.3) is 0 Å². The Hall–Kier alpha value is -2.24. The number of aliphatic carboxylic acids is 1. The van der Waals surface area contributed by atoms with Gasteiger partial charge in [-0.3, -0.25) is 4.79 Å². The summed E-state index contributed by atoms with van der Waals surface area (Å²) in [6.07, 6.45) is 0. The van der Waals surface area contributed by atoms with Crippen LogP contribution in [0.25, 0.3) is 0 Å². The van der Waals surface area contributed by atoms with Gasteiger partial charge in [-0.1, -0.05) is 12.1 Å². The van der Waals surface area contributed by atoms with Crippen molar-refractivity contribution in [1.29, 1.82) is 0 Å². The fourth-order valence-corrected chi connectivity index (χ4v) is 1.62. The number of ether oxygens (including phenoxy) is 2. The van der Waals surface area contributed by atoms with E-state index in [1.165, 1.54) is 21.1 Å². The minimum absolute atomic E-state index is 0.293. The molecule has 1 aromatic rings. The number of carbonyl (C=O) groups excluding carboxylic acids is 1. The highest BCUT2D eigenvalue weighted by Gasteiger charge is 2.25. The second kappa shape index (κ2) is 5.90. The van der Waals surface area contributed by atoms with Gasteiger partial charge in [-0.15, -0.1) is 0 Å². The number of nitrogens with one attached hydrogen (secondary N) is 1. The van der Waals surface area contributed by atoms with E-state index in [0.29, 0.717) is 17.1 Å². The summed E-state index contributed by atoms with van der Waals surface area (Å²) in [4.78, 5) is 22.2. The van der Waals surface area contributed by atoms with Crippen LogP contribution in [0.15, 0.2) is 18.2 Å². The largest absolute Gasteiger partial charge is 0.493 e. The van der Waals surface area contributed by atoms with Crippen molar-refractivity contribution in [3.8, 4) is 11.5 Å². The van der Waals surface area contributed by atoms with Crippen molar-refractivity contribution >= 4 is 11.9 Å². The number of hydrogen-bond donors (Lipinski definition) is 2. The summed E-state index contributed by atoms with van der Waals surface area (Å²) in [5.41, 5.74) is 0.333. The molecule has 6 nitrogen and oxygen atoms in total. The molecule has 0 saturated carbocycles. The standard InChI is InChI=1S/C12H15NO5/c1-7(14)13-10(12(15)16)8-5-4-6-9(17-2)11(8)18-3/h4-6,10H,1-3H3,(H,13,14)(H,15,16). The van der Waals surface area contributed by atoms with Crippen molar-refractivity contribution in [2.45, 2.75) is 13.0 Å². The van der Waals surface area contributed by atoms with Crippen LogP contribution < -0.4 is 14.8 Å². The summed E-state index contributed by atoms with van der Waals surface area (Å²) < 4.78 is 10.2. The average molecular weight is 253 g/mol. The molecule has 0 saturated heterocycles. The Morgan fingerprint density at radius 3 is 2.39 bits per heavy atom. The summed E-state index contributed by atoms with van der Waals surface area (Å²) in [5, 5.41) is 11.5. The first kappa shape index (κ1) is 13.8. The van der Waals surface area contributed by atoms with E-state index in [9.17, 15) is 9.59 Å². The molecule has 1 atom stereocenters. The number of hydrogen-bond acceptors (Lipinski definition) is 4.